The summed E-state index contributed by atoms with van der Waals surface area (Å²) < 4.78 is 42.6. The second-order valence-electron chi connectivity index (χ2n) is 12.8. The minimum absolute atomic E-state index is 0.00931. The molecule has 1 aliphatic heterocycles. The number of esters is 3. The average molecular weight is 814 g/mol. The van der Waals surface area contributed by atoms with Crippen LogP contribution in [0.2, 0.25) is 0 Å². The molecule has 1 unspecified atom stereocenters. The normalized spacial score (nSPS) is 21.2. The number of amides is 2. The number of benzene rings is 2. The number of carbonyl (C=O) groups is 6. The number of carbonyl (C=O) groups excluding carboxylic acids is 6. The Bertz CT molecular complexity index is 1870. The van der Waals surface area contributed by atoms with Crippen LogP contribution in [-0.4, -0.2) is 110 Å². The summed E-state index contributed by atoms with van der Waals surface area (Å²) in [6.45, 7) is 1.27. The third-order valence-corrected chi connectivity index (χ3v) is 8.37. The van der Waals surface area contributed by atoms with E-state index < -0.39 is 78.1 Å². The number of ether oxygens (including phenoxy) is 8. The van der Waals surface area contributed by atoms with Crippen LogP contribution in [-0.2, 0) is 54.2 Å². The van der Waals surface area contributed by atoms with Crippen LogP contribution in [0.5, 0.6) is 11.5 Å². The number of hydrogen-bond acceptors (Lipinski definition) is 17. The van der Waals surface area contributed by atoms with Crippen LogP contribution in [0, 0.1) is 22.0 Å². The van der Waals surface area contributed by atoms with E-state index in [-0.39, 0.29) is 54.1 Å². The first-order chi connectivity index (χ1) is 27.7. The van der Waals surface area contributed by atoms with E-state index in [2.05, 4.69) is 22.5 Å². The van der Waals surface area contributed by atoms with Crippen molar-refractivity contribution in [2.45, 2.75) is 89.4 Å². The zero-order valence-corrected chi connectivity index (χ0v) is 31.8. The fraction of sp³-hybridized carbons (Fsp3) is 0.474. The van der Waals surface area contributed by atoms with Gasteiger partial charge in [-0.2, -0.15) is 0 Å². The highest BCUT2D eigenvalue weighted by Gasteiger charge is 2.53. The van der Waals surface area contributed by atoms with Crippen molar-refractivity contribution in [1.82, 2.24) is 10.6 Å². The van der Waals surface area contributed by atoms with Gasteiger partial charge in [-0.05, 0) is 49.1 Å². The quantitative estimate of drug-likeness (QED) is 0.0416. The molecule has 0 aromatic heterocycles. The van der Waals surface area contributed by atoms with Gasteiger partial charge in [-0.3, -0.25) is 29.3 Å². The topological polar surface area (TPSA) is 264 Å². The Kier molecular flexibility index (Phi) is 16.7. The second kappa shape index (κ2) is 21.9. The van der Waals surface area contributed by atoms with Crippen LogP contribution in [0.25, 0.3) is 0 Å². The third kappa shape index (κ3) is 13.4. The van der Waals surface area contributed by atoms with E-state index in [4.69, 9.17) is 37.9 Å². The zero-order chi connectivity index (χ0) is 42.2. The molecule has 2 aromatic rings. The lowest BCUT2D eigenvalue weighted by atomic mass is 9.98. The Hall–Kier alpha value is -6.30. The molecule has 6 atom stereocenters. The van der Waals surface area contributed by atoms with Crippen LogP contribution < -0.4 is 20.1 Å². The molecule has 58 heavy (non-hydrogen) atoms. The van der Waals surface area contributed by atoms with Gasteiger partial charge in [0, 0.05) is 45.5 Å². The van der Waals surface area contributed by atoms with Gasteiger partial charge < -0.3 is 53.6 Å². The molecule has 0 radical (unpaired) electrons. The van der Waals surface area contributed by atoms with Crippen molar-refractivity contribution < 1.29 is 76.7 Å². The minimum Gasteiger partial charge on any atom is -0.467 e. The van der Waals surface area contributed by atoms with Gasteiger partial charge in [0.05, 0.1) is 17.6 Å². The molecule has 1 aliphatic carbocycles. The van der Waals surface area contributed by atoms with Gasteiger partial charge in [0.25, 0.3) is 11.6 Å². The maximum Gasteiger partial charge on any atom is 0.514 e. The molecule has 3 N–H and O–H groups in total. The maximum absolute atomic E-state index is 13.6. The third-order valence-electron chi connectivity index (χ3n) is 8.37. The molecule has 312 valence electrons. The van der Waals surface area contributed by atoms with E-state index in [9.17, 15) is 44.0 Å². The highest BCUT2D eigenvalue weighted by Crippen LogP contribution is 2.31. The summed E-state index contributed by atoms with van der Waals surface area (Å²) in [5.41, 5.74) is -0.205. The van der Waals surface area contributed by atoms with Crippen molar-refractivity contribution in [1.29, 1.82) is 0 Å². The van der Waals surface area contributed by atoms with Crippen molar-refractivity contribution >= 4 is 41.6 Å². The first-order valence-electron chi connectivity index (χ1n) is 18.0. The number of nitro groups is 1. The summed E-state index contributed by atoms with van der Waals surface area (Å²) in [4.78, 5) is 85.4. The summed E-state index contributed by atoms with van der Waals surface area (Å²) in [5.74, 6) is 1.70. The van der Waals surface area contributed by atoms with Crippen LogP contribution >= 0.6 is 0 Å². The van der Waals surface area contributed by atoms with Crippen molar-refractivity contribution in [3.63, 3.8) is 0 Å². The summed E-state index contributed by atoms with van der Waals surface area (Å²) in [6, 6.07) is 8.56. The van der Waals surface area contributed by atoms with Crippen LogP contribution in [0.4, 0.5) is 10.5 Å². The van der Waals surface area contributed by atoms with E-state index in [0.717, 1.165) is 65.2 Å². The highest BCUT2D eigenvalue weighted by molar-refractivity contribution is 5.97. The fourth-order valence-corrected chi connectivity index (χ4v) is 5.66. The zero-order valence-electron chi connectivity index (χ0n) is 31.8. The van der Waals surface area contributed by atoms with E-state index >= 15 is 0 Å². The molecule has 4 rings (SSSR count). The Morgan fingerprint density at radius 2 is 1.66 bits per heavy atom. The summed E-state index contributed by atoms with van der Waals surface area (Å²) >= 11 is 0. The monoisotopic (exact) mass is 813 g/mol. The lowest BCUT2D eigenvalue weighted by molar-refractivity contribution is -0.384. The van der Waals surface area contributed by atoms with Crippen LogP contribution in [0.15, 0.2) is 42.5 Å². The van der Waals surface area contributed by atoms with Gasteiger partial charge in [0.2, 0.25) is 12.2 Å². The van der Waals surface area contributed by atoms with E-state index in [1.165, 1.54) is 30.3 Å². The molecule has 0 bridgehead atoms. The Labute approximate surface area is 331 Å². The van der Waals surface area contributed by atoms with E-state index in [1.807, 2.05) is 0 Å². The van der Waals surface area contributed by atoms with Crippen molar-refractivity contribution in [3.05, 3.63) is 63.7 Å². The largest absolute Gasteiger partial charge is 0.514 e. The Morgan fingerprint density at radius 1 is 0.948 bits per heavy atom. The van der Waals surface area contributed by atoms with Gasteiger partial charge in [-0.1, -0.05) is 18.4 Å². The number of non-ortho nitro benzene ring substituents is 1. The number of methoxy groups -OCH3 is 1. The molecule has 2 aliphatic rings. The van der Waals surface area contributed by atoms with Gasteiger partial charge in [-0.15, -0.1) is 5.92 Å². The molecule has 0 saturated carbocycles. The lowest BCUT2D eigenvalue weighted by Crippen LogP contribution is -2.63. The number of nitrogens with one attached hydrogen (secondary N) is 2. The molecular formula is C38H43N3O17. The molecule has 20 heteroatoms. The van der Waals surface area contributed by atoms with Gasteiger partial charge in [-0.25, -0.2) is 9.59 Å². The predicted molar refractivity (Wildman–Crippen MR) is 195 cm³/mol. The first-order valence-corrected chi connectivity index (χ1v) is 18.0. The lowest BCUT2D eigenvalue weighted by Gasteiger charge is -2.41. The average Bonchev–Trinajstić information content (AvgIpc) is 3.17. The van der Waals surface area contributed by atoms with Gasteiger partial charge in [0.1, 0.15) is 30.8 Å². The summed E-state index contributed by atoms with van der Waals surface area (Å²) in [5, 5.41) is 27.4. The standard InChI is InChI=1S/C38H43N3O17/c1-22(42)54-32-31(45)37(58-34(36(47)51-3)33(32)55-23(2)43)57-29-16-11-24(20-53-38(48)56-27-14-12-25(13-15-27)41(49)50)19-28(29)35(46)40-18-17-39-30(44)21-52-26-9-7-5-4-6-8-10-26/h11-16,19,26,31-34,37,45H,4-7,9,17-18,20-21H2,1-3H3,(H,39,44)(H,40,46)/t26?,31-,32-,33+,34+,37-/m1/s1. The molecule has 20 nitrogen and oxygen atoms in total. The second-order valence-corrected chi connectivity index (χ2v) is 12.8. The predicted octanol–water partition coefficient (Wildman–Crippen LogP) is 2.01. The smallest absolute Gasteiger partial charge is 0.467 e. The van der Waals surface area contributed by atoms with Gasteiger partial charge >= 0.3 is 24.1 Å². The summed E-state index contributed by atoms with van der Waals surface area (Å²) in [6.07, 6.45) is -5.85. The number of nitro benzene ring substituents is 1. The Morgan fingerprint density at radius 3 is 2.34 bits per heavy atom. The number of hydrogen-bond donors (Lipinski definition) is 3. The first kappa shape index (κ1) is 44.4. The SMILES string of the molecule is COC(=O)[C@H]1O[C@@H](Oc2ccc(COC(=O)Oc3ccc([N+](=O)[O-])cc3)cc2C(=O)NCCNC(=O)COC2C#CCCCCC2)[C@H](O)[C@@H](OC(C)=O)[C@@H]1OC(C)=O. The van der Waals surface area contributed by atoms with Crippen molar-refractivity contribution in [2.75, 3.05) is 26.8 Å². The highest BCUT2D eigenvalue weighted by atomic mass is 16.7. The van der Waals surface area contributed by atoms with E-state index in [0.29, 0.717) is 0 Å². The number of aliphatic hydroxyl groups excluding tert-OH is 1. The van der Waals surface area contributed by atoms with Crippen LogP contribution in [0.3, 0.4) is 0 Å². The number of aliphatic hydroxyl groups is 1. The molecule has 1 heterocycles. The van der Waals surface area contributed by atoms with Crippen LogP contribution in [0.1, 0.15) is 61.9 Å². The van der Waals surface area contributed by atoms with Crippen molar-refractivity contribution in [3.8, 4) is 23.3 Å². The molecule has 0 spiro atoms. The number of rotatable bonds is 16. The Balaban J connectivity index is 1.49. The fourth-order valence-electron chi connectivity index (χ4n) is 5.66. The maximum atomic E-state index is 13.6. The molecule has 1 saturated heterocycles. The number of nitrogens with zero attached hydrogens (tertiary/aromatic N) is 1. The minimum atomic E-state index is -1.90. The summed E-state index contributed by atoms with van der Waals surface area (Å²) in [7, 11) is 1.02. The molecule has 2 aromatic carbocycles. The molecule has 1 fully saturated rings. The molecular weight excluding hydrogens is 770 g/mol. The van der Waals surface area contributed by atoms with Gasteiger partial charge in [0.15, 0.2) is 24.4 Å². The molecule has 2 amide bonds. The van der Waals surface area contributed by atoms with Crippen molar-refractivity contribution in [2.24, 2.45) is 0 Å². The van der Waals surface area contributed by atoms with E-state index in [1.54, 1.807) is 0 Å².